The zero-order valence-electron chi connectivity index (χ0n) is 18.2. The summed E-state index contributed by atoms with van der Waals surface area (Å²) >= 11 is 12.0. The van der Waals surface area contributed by atoms with Gasteiger partial charge in [0.25, 0.3) is 11.8 Å². The van der Waals surface area contributed by atoms with Crippen molar-refractivity contribution in [2.75, 3.05) is 16.8 Å². The van der Waals surface area contributed by atoms with E-state index in [0.717, 1.165) is 22.6 Å². The minimum absolute atomic E-state index is 0.0341. The van der Waals surface area contributed by atoms with E-state index in [-0.39, 0.29) is 21.8 Å². The SMILES string of the molecule is C[C@H]1CC(C)(C)N(C)c2ccc(/C=C3\C(=O)NC(=O)N(c4ccc(Cl)c(Cl)c4)C3=O)cc21. The van der Waals surface area contributed by atoms with Crippen molar-refractivity contribution < 1.29 is 14.4 Å². The lowest BCUT2D eigenvalue weighted by Crippen LogP contribution is -2.54. The maximum absolute atomic E-state index is 13.1. The number of amides is 4. The fourth-order valence-corrected chi connectivity index (χ4v) is 4.66. The number of benzene rings is 2. The molecule has 0 spiro atoms. The van der Waals surface area contributed by atoms with Gasteiger partial charge in [-0.25, -0.2) is 9.69 Å². The number of anilines is 2. The zero-order valence-corrected chi connectivity index (χ0v) is 19.7. The molecule has 166 valence electrons. The van der Waals surface area contributed by atoms with Gasteiger partial charge < -0.3 is 4.90 Å². The number of rotatable bonds is 2. The Hall–Kier alpha value is -2.83. The third-order valence-electron chi connectivity index (χ3n) is 6.23. The molecule has 0 aromatic heterocycles. The van der Waals surface area contributed by atoms with Crippen molar-refractivity contribution in [3.05, 3.63) is 63.1 Å². The smallest absolute Gasteiger partial charge is 0.335 e. The number of fused-ring (bicyclic) bond motifs is 1. The Morgan fingerprint density at radius 1 is 1.06 bits per heavy atom. The molecule has 1 fully saturated rings. The molecule has 4 amide bonds. The first-order valence-electron chi connectivity index (χ1n) is 10.2. The summed E-state index contributed by atoms with van der Waals surface area (Å²) in [5.41, 5.74) is 3.12. The van der Waals surface area contributed by atoms with Gasteiger partial charge in [-0.05, 0) is 73.7 Å². The Kier molecular flexibility index (Phi) is 5.55. The number of carbonyl (C=O) groups excluding carboxylic acids is 3. The summed E-state index contributed by atoms with van der Waals surface area (Å²) < 4.78 is 0. The van der Waals surface area contributed by atoms with Crippen LogP contribution in [0.5, 0.6) is 0 Å². The van der Waals surface area contributed by atoms with Gasteiger partial charge in [0.05, 0.1) is 15.7 Å². The summed E-state index contributed by atoms with van der Waals surface area (Å²) in [7, 11) is 2.07. The van der Waals surface area contributed by atoms with Gasteiger partial charge in [-0.2, -0.15) is 0 Å². The molecule has 1 N–H and O–H groups in total. The van der Waals surface area contributed by atoms with Crippen molar-refractivity contribution in [1.82, 2.24) is 5.32 Å². The Balaban J connectivity index is 1.73. The second-order valence-electron chi connectivity index (χ2n) is 8.85. The van der Waals surface area contributed by atoms with Crippen molar-refractivity contribution in [2.24, 2.45) is 0 Å². The van der Waals surface area contributed by atoms with Crippen molar-refractivity contribution >= 4 is 58.5 Å². The van der Waals surface area contributed by atoms with Crippen molar-refractivity contribution in [1.29, 1.82) is 0 Å². The fraction of sp³-hybridized carbons (Fsp3) is 0.292. The van der Waals surface area contributed by atoms with E-state index >= 15 is 0 Å². The second kappa shape index (κ2) is 7.94. The molecule has 2 aromatic rings. The Morgan fingerprint density at radius 3 is 2.47 bits per heavy atom. The van der Waals surface area contributed by atoms with Crippen LogP contribution in [0.2, 0.25) is 10.0 Å². The van der Waals surface area contributed by atoms with E-state index in [1.165, 1.54) is 24.3 Å². The summed E-state index contributed by atoms with van der Waals surface area (Å²) in [6.45, 7) is 6.59. The molecule has 2 aliphatic rings. The van der Waals surface area contributed by atoms with E-state index in [0.29, 0.717) is 16.5 Å². The normalized spacial score (nSPS) is 21.6. The van der Waals surface area contributed by atoms with Crippen LogP contribution in [0, 0.1) is 0 Å². The van der Waals surface area contributed by atoms with Gasteiger partial charge in [-0.15, -0.1) is 0 Å². The Labute approximate surface area is 196 Å². The third-order valence-corrected chi connectivity index (χ3v) is 6.97. The molecule has 4 rings (SSSR count). The molecule has 6 nitrogen and oxygen atoms in total. The lowest BCUT2D eigenvalue weighted by atomic mass is 9.80. The van der Waals surface area contributed by atoms with Crippen molar-refractivity contribution in [3.63, 3.8) is 0 Å². The predicted molar refractivity (Wildman–Crippen MR) is 127 cm³/mol. The van der Waals surface area contributed by atoms with E-state index in [9.17, 15) is 14.4 Å². The van der Waals surface area contributed by atoms with E-state index in [1.54, 1.807) is 0 Å². The number of nitrogens with zero attached hydrogens (tertiary/aromatic N) is 2. The minimum atomic E-state index is -0.835. The van der Waals surface area contributed by atoms with Gasteiger partial charge in [0.2, 0.25) is 0 Å². The molecular weight excluding hydrogens is 449 g/mol. The Bertz CT molecular complexity index is 1190. The highest BCUT2D eigenvalue weighted by Crippen LogP contribution is 2.42. The molecule has 0 saturated carbocycles. The lowest BCUT2D eigenvalue weighted by Gasteiger charge is -2.45. The highest BCUT2D eigenvalue weighted by atomic mass is 35.5. The molecule has 32 heavy (non-hydrogen) atoms. The molecule has 0 aliphatic carbocycles. The van der Waals surface area contributed by atoms with Gasteiger partial charge in [-0.1, -0.05) is 36.2 Å². The average Bonchev–Trinajstić information content (AvgIpc) is 2.71. The number of hydrogen-bond acceptors (Lipinski definition) is 4. The molecule has 8 heteroatoms. The second-order valence-corrected chi connectivity index (χ2v) is 9.67. The quantitative estimate of drug-likeness (QED) is 0.471. The van der Waals surface area contributed by atoms with E-state index in [1.807, 2.05) is 18.2 Å². The molecule has 2 heterocycles. The molecule has 2 aliphatic heterocycles. The maximum Gasteiger partial charge on any atom is 0.335 e. The largest absolute Gasteiger partial charge is 0.369 e. The highest BCUT2D eigenvalue weighted by Gasteiger charge is 2.37. The van der Waals surface area contributed by atoms with E-state index in [2.05, 4.69) is 38.0 Å². The highest BCUT2D eigenvalue weighted by molar-refractivity contribution is 6.43. The number of halogens is 2. The minimum Gasteiger partial charge on any atom is -0.369 e. The average molecular weight is 472 g/mol. The topological polar surface area (TPSA) is 69.7 Å². The number of barbiturate groups is 1. The van der Waals surface area contributed by atoms with Crippen LogP contribution in [0.3, 0.4) is 0 Å². The molecular formula is C24H23Cl2N3O3. The van der Waals surface area contributed by atoms with Gasteiger partial charge in [0, 0.05) is 18.3 Å². The van der Waals surface area contributed by atoms with Crippen LogP contribution in [0.4, 0.5) is 16.2 Å². The number of hydrogen-bond donors (Lipinski definition) is 1. The third kappa shape index (κ3) is 3.78. The molecule has 1 atom stereocenters. The van der Waals surface area contributed by atoms with Gasteiger partial charge >= 0.3 is 6.03 Å². The van der Waals surface area contributed by atoms with Crippen molar-refractivity contribution in [2.45, 2.75) is 38.6 Å². The summed E-state index contributed by atoms with van der Waals surface area (Å²) in [6, 6.07) is 9.44. The van der Waals surface area contributed by atoms with Gasteiger partial charge in [-0.3, -0.25) is 14.9 Å². The first-order chi connectivity index (χ1) is 15.0. The van der Waals surface area contributed by atoms with Crippen LogP contribution in [-0.4, -0.2) is 30.4 Å². The number of imide groups is 2. The Morgan fingerprint density at radius 2 is 1.78 bits per heavy atom. The van der Waals surface area contributed by atoms with Gasteiger partial charge in [0.1, 0.15) is 5.57 Å². The van der Waals surface area contributed by atoms with Crippen molar-refractivity contribution in [3.8, 4) is 0 Å². The first-order valence-corrected chi connectivity index (χ1v) is 11.0. The standard InChI is InChI=1S/C24H23Cl2N3O3/c1-13-12-24(2,3)28(4)20-8-5-14(9-16(13)20)10-17-21(30)27-23(32)29(22(17)31)15-6-7-18(25)19(26)11-15/h5-11,13H,12H2,1-4H3,(H,27,30,32)/b17-10+/t13-/m0/s1. The molecule has 0 bridgehead atoms. The van der Waals surface area contributed by atoms with Crippen LogP contribution in [-0.2, 0) is 9.59 Å². The van der Waals surface area contributed by atoms with Crippen LogP contribution in [0.25, 0.3) is 6.08 Å². The van der Waals surface area contributed by atoms with Crippen LogP contribution in [0.1, 0.15) is 44.2 Å². The summed E-state index contributed by atoms with van der Waals surface area (Å²) in [4.78, 5) is 41.2. The summed E-state index contributed by atoms with van der Waals surface area (Å²) in [5.74, 6) is -1.14. The molecule has 0 unspecified atom stereocenters. The van der Waals surface area contributed by atoms with E-state index in [4.69, 9.17) is 23.2 Å². The molecule has 0 radical (unpaired) electrons. The van der Waals surface area contributed by atoms with Gasteiger partial charge in [0.15, 0.2) is 0 Å². The summed E-state index contributed by atoms with van der Waals surface area (Å²) in [6.07, 6.45) is 2.50. The number of urea groups is 1. The number of carbonyl (C=O) groups is 3. The monoisotopic (exact) mass is 471 g/mol. The zero-order chi connectivity index (χ0) is 23.4. The predicted octanol–water partition coefficient (Wildman–Crippen LogP) is 5.38. The van der Waals surface area contributed by atoms with Crippen LogP contribution in [0.15, 0.2) is 42.0 Å². The van der Waals surface area contributed by atoms with E-state index < -0.39 is 17.8 Å². The molecule has 1 saturated heterocycles. The van der Waals surface area contributed by atoms with Crippen LogP contribution < -0.4 is 15.1 Å². The lowest BCUT2D eigenvalue weighted by molar-refractivity contribution is -0.122. The number of nitrogens with one attached hydrogen (secondary N) is 1. The fourth-order valence-electron chi connectivity index (χ4n) is 4.37. The first kappa shape index (κ1) is 22.4. The summed E-state index contributed by atoms with van der Waals surface area (Å²) in [5, 5.41) is 2.72. The van der Waals surface area contributed by atoms with Crippen LogP contribution >= 0.6 is 23.2 Å². The maximum atomic E-state index is 13.1. The molecule has 2 aromatic carbocycles.